The van der Waals surface area contributed by atoms with Crippen molar-refractivity contribution in [1.82, 2.24) is 0 Å². The Bertz CT molecular complexity index is 479. The molecule has 1 aromatic rings. The Hall–Kier alpha value is -1.35. The van der Waals surface area contributed by atoms with Crippen molar-refractivity contribution in [1.29, 1.82) is 0 Å². The number of hydrogen-bond donors (Lipinski definition) is 0. The molecule has 2 rings (SSSR count). The Labute approximate surface area is 121 Å². The third kappa shape index (κ3) is 3.60. The van der Waals surface area contributed by atoms with Crippen LogP contribution in [0.1, 0.15) is 38.3 Å². The maximum Gasteiger partial charge on any atom is 0.175 e. The topological polar surface area (TPSA) is 35.5 Å². The summed E-state index contributed by atoms with van der Waals surface area (Å²) in [7, 11) is 0. The Kier molecular flexibility index (Phi) is 4.48. The van der Waals surface area contributed by atoms with Gasteiger partial charge in [-0.15, -0.1) is 0 Å². The highest BCUT2D eigenvalue weighted by atomic mass is 16.5. The van der Waals surface area contributed by atoms with E-state index in [-0.39, 0.29) is 23.7 Å². The van der Waals surface area contributed by atoms with E-state index in [1.165, 1.54) is 0 Å². The van der Waals surface area contributed by atoms with Crippen molar-refractivity contribution in [2.45, 2.75) is 39.5 Å². The third-order valence-electron chi connectivity index (χ3n) is 3.70. The van der Waals surface area contributed by atoms with Crippen LogP contribution in [0.2, 0.25) is 0 Å². The molecular weight excluding hydrogens is 252 g/mol. The summed E-state index contributed by atoms with van der Waals surface area (Å²) in [4.78, 5) is 12.1. The van der Waals surface area contributed by atoms with Gasteiger partial charge in [-0.25, -0.2) is 0 Å². The summed E-state index contributed by atoms with van der Waals surface area (Å²) in [6, 6.07) is 6.19. The van der Waals surface area contributed by atoms with Crippen LogP contribution < -0.4 is 4.74 Å². The van der Waals surface area contributed by atoms with Crippen LogP contribution in [0.5, 0.6) is 5.75 Å². The summed E-state index contributed by atoms with van der Waals surface area (Å²) in [5, 5.41) is 0. The summed E-state index contributed by atoms with van der Waals surface area (Å²) in [6.45, 7) is 9.86. The van der Waals surface area contributed by atoms with Gasteiger partial charge in [0.15, 0.2) is 5.78 Å². The van der Waals surface area contributed by atoms with E-state index >= 15 is 0 Å². The van der Waals surface area contributed by atoms with E-state index in [0.717, 1.165) is 23.3 Å². The Morgan fingerprint density at radius 3 is 2.75 bits per heavy atom. The third-order valence-corrected chi connectivity index (χ3v) is 3.70. The molecule has 0 aromatic heterocycles. The SMILES string of the molecule is Cc1ccc(C(C)(C)C)c(OCC(=O)C2CCOC2)c1. The van der Waals surface area contributed by atoms with Crippen LogP contribution >= 0.6 is 0 Å². The normalized spacial score (nSPS) is 19.1. The quantitative estimate of drug-likeness (QED) is 0.846. The van der Waals surface area contributed by atoms with E-state index in [1.54, 1.807) is 0 Å². The first-order valence-electron chi connectivity index (χ1n) is 7.22. The number of rotatable bonds is 4. The molecule has 1 aromatic carbocycles. The monoisotopic (exact) mass is 276 g/mol. The highest BCUT2D eigenvalue weighted by Crippen LogP contribution is 2.32. The van der Waals surface area contributed by atoms with Crippen LogP contribution in [-0.4, -0.2) is 25.6 Å². The van der Waals surface area contributed by atoms with Gasteiger partial charge in [0.1, 0.15) is 12.4 Å². The molecule has 1 saturated heterocycles. The second-order valence-corrected chi connectivity index (χ2v) is 6.57. The molecule has 0 amide bonds. The fraction of sp³-hybridized carbons (Fsp3) is 0.588. The molecule has 3 nitrogen and oxygen atoms in total. The van der Waals surface area contributed by atoms with Crippen LogP contribution in [0.25, 0.3) is 0 Å². The molecule has 0 bridgehead atoms. The Morgan fingerprint density at radius 1 is 1.40 bits per heavy atom. The van der Waals surface area contributed by atoms with Crippen molar-refractivity contribution in [2.75, 3.05) is 19.8 Å². The second kappa shape index (κ2) is 5.96. The molecule has 0 aliphatic carbocycles. The smallest absolute Gasteiger partial charge is 0.175 e. The molecule has 0 saturated carbocycles. The summed E-state index contributed by atoms with van der Waals surface area (Å²) in [5.41, 5.74) is 2.28. The minimum Gasteiger partial charge on any atom is -0.486 e. The maximum absolute atomic E-state index is 12.1. The first-order valence-corrected chi connectivity index (χ1v) is 7.22. The van der Waals surface area contributed by atoms with Crippen LogP contribution in [0.15, 0.2) is 18.2 Å². The molecule has 20 heavy (non-hydrogen) atoms. The van der Waals surface area contributed by atoms with Gasteiger partial charge < -0.3 is 9.47 Å². The highest BCUT2D eigenvalue weighted by Gasteiger charge is 2.25. The van der Waals surface area contributed by atoms with Crippen LogP contribution in [0, 0.1) is 12.8 Å². The molecule has 110 valence electrons. The van der Waals surface area contributed by atoms with E-state index in [1.807, 2.05) is 13.0 Å². The van der Waals surface area contributed by atoms with Crippen LogP contribution in [0.3, 0.4) is 0 Å². The van der Waals surface area contributed by atoms with E-state index in [9.17, 15) is 4.79 Å². The predicted molar refractivity (Wildman–Crippen MR) is 79.3 cm³/mol. The lowest BCUT2D eigenvalue weighted by Gasteiger charge is -2.23. The number of ether oxygens (including phenoxy) is 2. The molecule has 3 heteroatoms. The van der Waals surface area contributed by atoms with Crippen molar-refractivity contribution in [3.05, 3.63) is 29.3 Å². The first-order chi connectivity index (χ1) is 9.38. The standard InChI is InChI=1S/C17H24O3/c1-12-5-6-14(17(2,3)4)16(9-12)20-11-15(18)13-7-8-19-10-13/h5-6,9,13H,7-8,10-11H2,1-4H3. The fourth-order valence-corrected chi connectivity index (χ4v) is 2.42. The van der Waals surface area contributed by atoms with Gasteiger partial charge in [0.25, 0.3) is 0 Å². The van der Waals surface area contributed by atoms with Gasteiger partial charge in [-0.2, -0.15) is 0 Å². The fourth-order valence-electron chi connectivity index (χ4n) is 2.42. The average Bonchev–Trinajstić information content (AvgIpc) is 2.88. The lowest BCUT2D eigenvalue weighted by Crippen LogP contribution is -2.23. The lowest BCUT2D eigenvalue weighted by molar-refractivity contribution is -0.124. The number of benzene rings is 1. The van der Waals surface area contributed by atoms with Gasteiger partial charge in [0.2, 0.25) is 0 Å². The number of Topliss-reactive ketones (excluding diaryl/α,β-unsaturated/α-hetero) is 1. The van der Waals surface area contributed by atoms with Crippen molar-refractivity contribution in [3.63, 3.8) is 0 Å². The zero-order valence-electron chi connectivity index (χ0n) is 12.9. The van der Waals surface area contributed by atoms with Crippen molar-refractivity contribution in [2.24, 2.45) is 5.92 Å². The van der Waals surface area contributed by atoms with Crippen LogP contribution in [0.4, 0.5) is 0 Å². The summed E-state index contributed by atoms with van der Waals surface area (Å²) < 4.78 is 11.1. The van der Waals surface area contributed by atoms with Crippen LogP contribution in [-0.2, 0) is 14.9 Å². The summed E-state index contributed by atoms with van der Waals surface area (Å²) in [6.07, 6.45) is 0.822. The molecule has 0 spiro atoms. The average molecular weight is 276 g/mol. The summed E-state index contributed by atoms with van der Waals surface area (Å²) in [5.74, 6) is 0.978. The second-order valence-electron chi connectivity index (χ2n) is 6.57. The molecule has 1 unspecified atom stereocenters. The minimum atomic E-state index is 0.00253. The minimum absolute atomic E-state index is 0.00253. The van der Waals surface area contributed by atoms with Gasteiger partial charge in [-0.3, -0.25) is 4.79 Å². The van der Waals surface area contributed by atoms with Crippen molar-refractivity contribution < 1.29 is 14.3 Å². The van der Waals surface area contributed by atoms with E-state index < -0.39 is 0 Å². The Balaban J connectivity index is 2.08. The van der Waals surface area contributed by atoms with Gasteiger partial charge in [-0.1, -0.05) is 32.9 Å². The van der Waals surface area contributed by atoms with Gasteiger partial charge in [0, 0.05) is 12.5 Å². The van der Waals surface area contributed by atoms with E-state index in [2.05, 4.69) is 32.9 Å². The number of ketones is 1. The van der Waals surface area contributed by atoms with Crippen molar-refractivity contribution in [3.8, 4) is 5.75 Å². The summed E-state index contributed by atoms with van der Waals surface area (Å²) >= 11 is 0. The lowest BCUT2D eigenvalue weighted by atomic mass is 9.86. The zero-order chi connectivity index (χ0) is 14.8. The number of aryl methyl sites for hydroxylation is 1. The molecule has 1 fully saturated rings. The van der Waals surface area contributed by atoms with E-state index in [0.29, 0.717) is 13.2 Å². The molecule has 1 aliphatic heterocycles. The molecule has 1 heterocycles. The molecular formula is C17H24O3. The predicted octanol–water partition coefficient (Wildman–Crippen LogP) is 3.28. The number of carbonyl (C=O) groups is 1. The van der Waals surface area contributed by atoms with Gasteiger partial charge in [0.05, 0.1) is 6.61 Å². The first kappa shape index (κ1) is 15.0. The van der Waals surface area contributed by atoms with Gasteiger partial charge >= 0.3 is 0 Å². The Morgan fingerprint density at radius 2 is 2.15 bits per heavy atom. The largest absolute Gasteiger partial charge is 0.486 e. The molecule has 0 N–H and O–H groups in total. The number of carbonyl (C=O) groups excluding carboxylic acids is 1. The van der Waals surface area contributed by atoms with Gasteiger partial charge in [-0.05, 0) is 36.0 Å². The molecule has 1 aliphatic rings. The number of hydrogen-bond acceptors (Lipinski definition) is 3. The van der Waals surface area contributed by atoms with E-state index in [4.69, 9.17) is 9.47 Å². The van der Waals surface area contributed by atoms with Crippen molar-refractivity contribution >= 4 is 5.78 Å². The molecule has 1 atom stereocenters. The zero-order valence-corrected chi connectivity index (χ0v) is 12.9. The maximum atomic E-state index is 12.1. The molecule has 0 radical (unpaired) electrons. The highest BCUT2D eigenvalue weighted by molar-refractivity contribution is 5.82.